The van der Waals surface area contributed by atoms with E-state index >= 15 is 0 Å². The largest absolute Gasteiger partial charge is 0.314 e. The summed E-state index contributed by atoms with van der Waals surface area (Å²) in [6, 6.07) is 4.79. The van der Waals surface area contributed by atoms with E-state index in [9.17, 15) is 0 Å². The Morgan fingerprint density at radius 1 is 1.38 bits per heavy atom. The molecule has 0 bridgehead atoms. The second-order valence-electron chi connectivity index (χ2n) is 4.76. The van der Waals surface area contributed by atoms with Gasteiger partial charge in [-0.1, -0.05) is 19.9 Å². The van der Waals surface area contributed by atoms with Gasteiger partial charge >= 0.3 is 0 Å². The number of nitrogens with zero attached hydrogens (tertiary/aromatic N) is 1. The van der Waals surface area contributed by atoms with Crippen molar-refractivity contribution >= 4 is 0 Å². The van der Waals surface area contributed by atoms with Gasteiger partial charge < -0.3 is 5.32 Å². The summed E-state index contributed by atoms with van der Waals surface area (Å²) in [5.74, 6) is 0.712. The fraction of sp³-hybridized carbons (Fsp3) is 0.643. The Morgan fingerprint density at radius 3 is 2.81 bits per heavy atom. The third-order valence-electron chi connectivity index (χ3n) is 2.81. The maximum absolute atomic E-state index is 4.15. The SMILES string of the molecule is CCCNC(C)CC(C)Cc1cccnc1. The second kappa shape index (κ2) is 7.39. The van der Waals surface area contributed by atoms with Gasteiger partial charge in [0.1, 0.15) is 0 Å². The van der Waals surface area contributed by atoms with Crippen LogP contribution in [0.4, 0.5) is 0 Å². The van der Waals surface area contributed by atoms with Gasteiger partial charge in [0.15, 0.2) is 0 Å². The quantitative estimate of drug-likeness (QED) is 0.764. The maximum atomic E-state index is 4.15. The Balaban J connectivity index is 2.27. The van der Waals surface area contributed by atoms with E-state index in [4.69, 9.17) is 0 Å². The van der Waals surface area contributed by atoms with Gasteiger partial charge in [-0.15, -0.1) is 0 Å². The Labute approximate surface area is 99.5 Å². The van der Waals surface area contributed by atoms with Crippen LogP contribution in [0.2, 0.25) is 0 Å². The molecule has 0 saturated heterocycles. The highest BCUT2D eigenvalue weighted by molar-refractivity contribution is 5.09. The van der Waals surface area contributed by atoms with Crippen LogP contribution in [-0.2, 0) is 6.42 Å². The molecule has 2 unspecified atom stereocenters. The summed E-state index contributed by atoms with van der Waals surface area (Å²) >= 11 is 0. The fourth-order valence-electron chi connectivity index (χ4n) is 2.08. The summed E-state index contributed by atoms with van der Waals surface area (Å²) in [5.41, 5.74) is 1.35. The van der Waals surface area contributed by atoms with Crippen LogP contribution in [0.5, 0.6) is 0 Å². The summed E-state index contributed by atoms with van der Waals surface area (Å²) in [6.07, 6.45) is 7.38. The Bertz CT molecular complexity index is 271. The van der Waals surface area contributed by atoms with Gasteiger partial charge in [0, 0.05) is 18.4 Å². The molecule has 0 aliphatic carbocycles. The molecule has 0 saturated carbocycles. The summed E-state index contributed by atoms with van der Waals surface area (Å²) in [6.45, 7) is 7.92. The van der Waals surface area contributed by atoms with E-state index in [1.54, 1.807) is 0 Å². The van der Waals surface area contributed by atoms with Crippen molar-refractivity contribution in [2.45, 2.75) is 46.1 Å². The maximum Gasteiger partial charge on any atom is 0.0299 e. The molecule has 1 heterocycles. The molecule has 1 rings (SSSR count). The highest BCUT2D eigenvalue weighted by Crippen LogP contribution is 2.12. The van der Waals surface area contributed by atoms with Crippen LogP contribution in [0.1, 0.15) is 39.2 Å². The fourth-order valence-corrected chi connectivity index (χ4v) is 2.08. The van der Waals surface area contributed by atoms with Crippen LogP contribution >= 0.6 is 0 Å². The Kier molecular flexibility index (Phi) is 6.09. The molecule has 16 heavy (non-hydrogen) atoms. The van der Waals surface area contributed by atoms with E-state index in [1.807, 2.05) is 18.5 Å². The molecule has 1 aromatic rings. The van der Waals surface area contributed by atoms with Gasteiger partial charge in [0.2, 0.25) is 0 Å². The molecule has 0 radical (unpaired) electrons. The van der Waals surface area contributed by atoms with Gasteiger partial charge in [0.05, 0.1) is 0 Å². The first-order valence-electron chi connectivity index (χ1n) is 6.34. The predicted molar refractivity (Wildman–Crippen MR) is 69.5 cm³/mol. The molecule has 0 aromatic carbocycles. The summed E-state index contributed by atoms with van der Waals surface area (Å²) < 4.78 is 0. The zero-order chi connectivity index (χ0) is 11.8. The minimum atomic E-state index is 0.617. The van der Waals surface area contributed by atoms with Crippen molar-refractivity contribution in [3.05, 3.63) is 30.1 Å². The topological polar surface area (TPSA) is 24.9 Å². The Morgan fingerprint density at radius 2 is 2.19 bits per heavy atom. The van der Waals surface area contributed by atoms with Gasteiger partial charge in [0.25, 0.3) is 0 Å². The van der Waals surface area contributed by atoms with Gasteiger partial charge in [-0.2, -0.15) is 0 Å². The molecule has 1 aromatic heterocycles. The van der Waals surface area contributed by atoms with E-state index < -0.39 is 0 Å². The number of pyridine rings is 1. The third kappa shape index (κ3) is 5.26. The molecule has 0 aliphatic rings. The van der Waals surface area contributed by atoms with Crippen molar-refractivity contribution in [3.8, 4) is 0 Å². The lowest BCUT2D eigenvalue weighted by molar-refractivity contribution is 0.419. The first-order chi connectivity index (χ1) is 7.72. The zero-order valence-electron chi connectivity index (χ0n) is 10.7. The van der Waals surface area contributed by atoms with Crippen molar-refractivity contribution in [1.82, 2.24) is 10.3 Å². The highest BCUT2D eigenvalue weighted by Gasteiger charge is 2.08. The first kappa shape index (κ1) is 13.2. The van der Waals surface area contributed by atoms with E-state index in [2.05, 4.69) is 37.1 Å². The minimum Gasteiger partial charge on any atom is -0.314 e. The standard InChI is InChI=1S/C14H24N2/c1-4-7-16-13(3)9-12(2)10-14-6-5-8-15-11-14/h5-6,8,11-13,16H,4,7,9-10H2,1-3H3. The summed E-state index contributed by atoms with van der Waals surface area (Å²) in [7, 11) is 0. The number of aromatic nitrogens is 1. The second-order valence-corrected chi connectivity index (χ2v) is 4.76. The first-order valence-corrected chi connectivity index (χ1v) is 6.34. The predicted octanol–water partition coefficient (Wildman–Crippen LogP) is 3.04. The van der Waals surface area contributed by atoms with E-state index in [0.717, 1.165) is 13.0 Å². The molecule has 1 N–H and O–H groups in total. The van der Waals surface area contributed by atoms with Crippen LogP contribution in [0.15, 0.2) is 24.5 Å². The normalized spacial score (nSPS) is 14.7. The molecular formula is C14H24N2. The van der Waals surface area contributed by atoms with Gasteiger partial charge in [-0.3, -0.25) is 4.98 Å². The monoisotopic (exact) mass is 220 g/mol. The van der Waals surface area contributed by atoms with Crippen molar-refractivity contribution in [2.24, 2.45) is 5.92 Å². The van der Waals surface area contributed by atoms with E-state index in [-0.39, 0.29) is 0 Å². The Hall–Kier alpha value is -0.890. The van der Waals surface area contributed by atoms with E-state index in [1.165, 1.54) is 18.4 Å². The number of rotatable bonds is 7. The highest BCUT2D eigenvalue weighted by atomic mass is 14.9. The molecule has 0 amide bonds. The van der Waals surface area contributed by atoms with E-state index in [0.29, 0.717) is 12.0 Å². The lowest BCUT2D eigenvalue weighted by Gasteiger charge is -2.18. The van der Waals surface area contributed by atoms with Crippen LogP contribution in [0, 0.1) is 5.92 Å². The van der Waals surface area contributed by atoms with Crippen molar-refractivity contribution in [3.63, 3.8) is 0 Å². The zero-order valence-corrected chi connectivity index (χ0v) is 10.7. The van der Waals surface area contributed by atoms with Crippen LogP contribution in [0.25, 0.3) is 0 Å². The van der Waals surface area contributed by atoms with Crippen molar-refractivity contribution < 1.29 is 0 Å². The van der Waals surface area contributed by atoms with Crippen LogP contribution in [-0.4, -0.2) is 17.6 Å². The lowest BCUT2D eigenvalue weighted by Crippen LogP contribution is -2.28. The minimum absolute atomic E-state index is 0.617. The molecule has 2 atom stereocenters. The van der Waals surface area contributed by atoms with Crippen molar-refractivity contribution in [2.75, 3.05) is 6.54 Å². The molecule has 0 aliphatic heterocycles. The lowest BCUT2D eigenvalue weighted by atomic mass is 9.96. The van der Waals surface area contributed by atoms with Crippen LogP contribution < -0.4 is 5.32 Å². The molecule has 2 nitrogen and oxygen atoms in total. The van der Waals surface area contributed by atoms with Gasteiger partial charge in [-0.25, -0.2) is 0 Å². The third-order valence-corrected chi connectivity index (χ3v) is 2.81. The smallest absolute Gasteiger partial charge is 0.0299 e. The van der Waals surface area contributed by atoms with Crippen molar-refractivity contribution in [1.29, 1.82) is 0 Å². The average molecular weight is 220 g/mol. The van der Waals surface area contributed by atoms with Gasteiger partial charge in [-0.05, 0) is 50.3 Å². The molecular weight excluding hydrogens is 196 g/mol. The number of hydrogen-bond donors (Lipinski definition) is 1. The molecule has 90 valence electrons. The summed E-state index contributed by atoms with van der Waals surface area (Å²) in [5, 5.41) is 3.53. The number of nitrogens with one attached hydrogen (secondary N) is 1. The molecule has 2 heteroatoms. The average Bonchev–Trinajstić information content (AvgIpc) is 2.27. The molecule has 0 fully saturated rings. The summed E-state index contributed by atoms with van der Waals surface area (Å²) in [4.78, 5) is 4.15. The number of hydrogen-bond acceptors (Lipinski definition) is 2. The van der Waals surface area contributed by atoms with Crippen LogP contribution in [0.3, 0.4) is 0 Å². The molecule has 0 spiro atoms.